The van der Waals surface area contributed by atoms with Crippen LogP contribution < -0.4 is 10.5 Å². The van der Waals surface area contributed by atoms with Crippen LogP contribution in [0.2, 0.25) is 10.0 Å². The minimum absolute atomic E-state index is 0.396. The standard InChI is InChI=1S/C9H8BrCl2NOS/c10-5-3-7(12)8(4-6(5)11)14-2-1-9(13)15/h3-4H,1-2H2,(H2,13,15). The highest BCUT2D eigenvalue weighted by molar-refractivity contribution is 9.10. The molecule has 0 heterocycles. The lowest BCUT2D eigenvalue weighted by Gasteiger charge is -2.08. The highest BCUT2D eigenvalue weighted by Crippen LogP contribution is 2.34. The van der Waals surface area contributed by atoms with E-state index in [-0.39, 0.29) is 0 Å². The van der Waals surface area contributed by atoms with Crippen LogP contribution in [0.25, 0.3) is 0 Å². The molecule has 0 aliphatic heterocycles. The van der Waals surface area contributed by atoms with E-state index in [2.05, 4.69) is 15.9 Å². The van der Waals surface area contributed by atoms with Crippen LogP contribution in [0.5, 0.6) is 5.75 Å². The zero-order chi connectivity index (χ0) is 11.4. The number of ether oxygens (including phenoxy) is 1. The second kappa shape index (κ2) is 5.89. The van der Waals surface area contributed by atoms with Crippen molar-refractivity contribution in [3.63, 3.8) is 0 Å². The number of rotatable bonds is 4. The largest absolute Gasteiger partial charge is 0.492 e. The first kappa shape index (κ1) is 13.0. The van der Waals surface area contributed by atoms with E-state index in [0.717, 1.165) is 4.47 Å². The third-order valence-electron chi connectivity index (χ3n) is 1.58. The second-order valence-corrected chi connectivity index (χ2v) is 4.95. The molecular formula is C9H8BrCl2NOS. The predicted molar refractivity (Wildman–Crippen MR) is 71.1 cm³/mol. The molecule has 0 saturated carbocycles. The summed E-state index contributed by atoms with van der Waals surface area (Å²) < 4.78 is 6.11. The number of thiocarbonyl (C=S) groups is 1. The van der Waals surface area contributed by atoms with Gasteiger partial charge in [0.25, 0.3) is 0 Å². The summed E-state index contributed by atoms with van der Waals surface area (Å²) in [6.07, 6.45) is 0.513. The lowest BCUT2D eigenvalue weighted by molar-refractivity contribution is 0.329. The molecule has 15 heavy (non-hydrogen) atoms. The molecule has 82 valence electrons. The van der Waals surface area contributed by atoms with Gasteiger partial charge in [0.05, 0.1) is 21.6 Å². The highest BCUT2D eigenvalue weighted by Gasteiger charge is 2.06. The van der Waals surface area contributed by atoms with Crippen molar-refractivity contribution in [2.75, 3.05) is 6.61 Å². The van der Waals surface area contributed by atoms with Gasteiger partial charge in [-0.1, -0.05) is 35.4 Å². The van der Waals surface area contributed by atoms with Gasteiger partial charge in [-0.3, -0.25) is 0 Å². The van der Waals surface area contributed by atoms with E-state index in [1.165, 1.54) is 0 Å². The summed E-state index contributed by atoms with van der Waals surface area (Å²) in [6.45, 7) is 0.396. The minimum Gasteiger partial charge on any atom is -0.492 e. The Kier molecular flexibility index (Phi) is 5.12. The summed E-state index contributed by atoms with van der Waals surface area (Å²) in [5, 5.41) is 1.04. The van der Waals surface area contributed by atoms with Gasteiger partial charge < -0.3 is 10.5 Å². The van der Waals surface area contributed by atoms with Gasteiger partial charge in [-0.25, -0.2) is 0 Å². The first-order valence-electron chi connectivity index (χ1n) is 4.06. The number of nitrogens with two attached hydrogens (primary N) is 1. The molecular weight excluding hydrogens is 321 g/mol. The van der Waals surface area contributed by atoms with Crippen LogP contribution in [0, 0.1) is 0 Å². The Morgan fingerprint density at radius 3 is 2.67 bits per heavy atom. The van der Waals surface area contributed by atoms with Gasteiger partial charge in [0.15, 0.2) is 0 Å². The molecule has 2 N–H and O–H groups in total. The van der Waals surface area contributed by atoms with Gasteiger partial charge in [0.1, 0.15) is 5.75 Å². The van der Waals surface area contributed by atoms with E-state index in [4.69, 9.17) is 45.9 Å². The first-order valence-corrected chi connectivity index (χ1v) is 6.02. The van der Waals surface area contributed by atoms with Crippen LogP contribution in [-0.2, 0) is 0 Å². The molecule has 2 nitrogen and oxygen atoms in total. The average molecular weight is 329 g/mol. The summed E-state index contributed by atoms with van der Waals surface area (Å²) in [5.74, 6) is 0.529. The van der Waals surface area contributed by atoms with Crippen molar-refractivity contribution in [1.29, 1.82) is 0 Å². The monoisotopic (exact) mass is 327 g/mol. The van der Waals surface area contributed by atoms with Crippen molar-refractivity contribution in [3.8, 4) is 5.75 Å². The van der Waals surface area contributed by atoms with E-state index < -0.39 is 0 Å². The number of halogens is 3. The van der Waals surface area contributed by atoms with Gasteiger partial charge in [0, 0.05) is 17.0 Å². The molecule has 0 fully saturated rings. The summed E-state index contributed by atoms with van der Waals surface area (Å²) in [4.78, 5) is 0.411. The van der Waals surface area contributed by atoms with E-state index in [1.807, 2.05) is 0 Å². The molecule has 0 saturated heterocycles. The lowest BCUT2D eigenvalue weighted by Crippen LogP contribution is -2.12. The fourth-order valence-electron chi connectivity index (χ4n) is 0.877. The second-order valence-electron chi connectivity index (χ2n) is 2.76. The van der Waals surface area contributed by atoms with Gasteiger partial charge >= 0.3 is 0 Å². The normalized spacial score (nSPS) is 10.1. The maximum absolute atomic E-state index is 5.94. The van der Waals surface area contributed by atoms with Gasteiger partial charge in [-0.05, 0) is 22.0 Å². The Bertz CT molecular complexity index is 387. The minimum atomic E-state index is 0.396. The smallest absolute Gasteiger partial charge is 0.139 e. The molecule has 1 aromatic rings. The fraction of sp³-hybridized carbons (Fsp3) is 0.222. The van der Waals surface area contributed by atoms with Crippen LogP contribution in [0.15, 0.2) is 16.6 Å². The summed E-state index contributed by atoms with van der Waals surface area (Å²) >= 11 is 19.8. The van der Waals surface area contributed by atoms with Crippen LogP contribution in [0.4, 0.5) is 0 Å². The molecule has 0 radical (unpaired) electrons. The van der Waals surface area contributed by atoms with Crippen molar-refractivity contribution in [2.24, 2.45) is 5.73 Å². The number of hydrogen-bond donors (Lipinski definition) is 1. The molecule has 6 heteroatoms. The van der Waals surface area contributed by atoms with Gasteiger partial charge in [-0.15, -0.1) is 0 Å². The Hall–Kier alpha value is -0.0300. The molecule has 0 amide bonds. The van der Waals surface area contributed by atoms with Crippen LogP contribution >= 0.6 is 51.3 Å². The van der Waals surface area contributed by atoms with Crippen molar-refractivity contribution in [2.45, 2.75) is 6.42 Å². The van der Waals surface area contributed by atoms with Crippen LogP contribution in [0.1, 0.15) is 6.42 Å². The topological polar surface area (TPSA) is 35.2 Å². The van der Waals surface area contributed by atoms with Crippen molar-refractivity contribution < 1.29 is 4.74 Å². The van der Waals surface area contributed by atoms with Crippen molar-refractivity contribution >= 4 is 56.3 Å². The molecule has 0 spiro atoms. The third-order valence-corrected chi connectivity index (χ3v) is 3.28. The quantitative estimate of drug-likeness (QED) is 0.674. The zero-order valence-electron chi connectivity index (χ0n) is 7.60. The predicted octanol–water partition coefficient (Wildman–Crippen LogP) is 3.81. The van der Waals surface area contributed by atoms with E-state index in [9.17, 15) is 0 Å². The number of benzene rings is 1. The molecule has 0 aliphatic carbocycles. The molecule has 1 aromatic carbocycles. The Labute approximate surface area is 112 Å². The SMILES string of the molecule is NC(=S)CCOc1cc(Cl)c(Br)cc1Cl. The molecule has 0 bridgehead atoms. The van der Waals surface area contributed by atoms with Crippen LogP contribution in [-0.4, -0.2) is 11.6 Å². The Balaban J connectivity index is 2.69. The zero-order valence-corrected chi connectivity index (χ0v) is 11.5. The first-order chi connectivity index (χ1) is 7.00. The maximum atomic E-state index is 5.94. The molecule has 0 aliphatic rings. The van der Waals surface area contributed by atoms with Gasteiger partial charge in [0.2, 0.25) is 0 Å². The van der Waals surface area contributed by atoms with Crippen LogP contribution in [0.3, 0.4) is 0 Å². The molecule has 0 unspecified atom stereocenters. The Morgan fingerprint density at radius 1 is 1.40 bits per heavy atom. The summed E-state index contributed by atoms with van der Waals surface area (Å²) in [5.41, 5.74) is 5.33. The molecule has 0 aromatic heterocycles. The van der Waals surface area contributed by atoms with E-state index >= 15 is 0 Å². The summed E-state index contributed by atoms with van der Waals surface area (Å²) in [6, 6.07) is 3.33. The third kappa shape index (κ3) is 4.15. The van der Waals surface area contributed by atoms with Gasteiger partial charge in [-0.2, -0.15) is 0 Å². The van der Waals surface area contributed by atoms with E-state index in [1.54, 1.807) is 12.1 Å². The van der Waals surface area contributed by atoms with E-state index in [0.29, 0.717) is 33.8 Å². The number of hydrogen-bond acceptors (Lipinski definition) is 2. The molecule has 0 atom stereocenters. The average Bonchev–Trinajstić information content (AvgIpc) is 2.13. The highest BCUT2D eigenvalue weighted by atomic mass is 79.9. The maximum Gasteiger partial charge on any atom is 0.139 e. The summed E-state index contributed by atoms with van der Waals surface area (Å²) in [7, 11) is 0. The van der Waals surface area contributed by atoms with Crippen molar-refractivity contribution in [1.82, 2.24) is 0 Å². The Morgan fingerprint density at radius 2 is 2.07 bits per heavy atom. The molecule has 1 rings (SSSR count). The fourth-order valence-corrected chi connectivity index (χ4v) is 1.81. The lowest BCUT2D eigenvalue weighted by atomic mass is 10.3. The van der Waals surface area contributed by atoms with Crippen molar-refractivity contribution in [3.05, 3.63) is 26.7 Å².